The van der Waals surface area contributed by atoms with E-state index in [0.717, 1.165) is 27.9 Å². The maximum Gasteiger partial charge on any atom is 0.263 e. The molecule has 5 rings (SSSR count). The van der Waals surface area contributed by atoms with E-state index in [9.17, 15) is 9.59 Å². The number of carbonyl (C=O) groups is 2. The third-order valence-corrected chi connectivity index (χ3v) is 7.47. The lowest BCUT2D eigenvalue weighted by molar-refractivity contribution is 0.0955. The number of aryl methyl sites for hydroxylation is 3. The van der Waals surface area contributed by atoms with Crippen molar-refractivity contribution in [2.75, 3.05) is 11.1 Å². The molecule has 0 bridgehead atoms. The number of nitrogens with one attached hydrogen (secondary N) is 2. The van der Waals surface area contributed by atoms with Gasteiger partial charge in [0.2, 0.25) is 0 Å². The van der Waals surface area contributed by atoms with Gasteiger partial charge >= 0.3 is 0 Å². The van der Waals surface area contributed by atoms with Crippen LogP contribution in [0.3, 0.4) is 0 Å². The van der Waals surface area contributed by atoms with Crippen LogP contribution in [0, 0.1) is 20.8 Å². The second kappa shape index (κ2) is 10.4. The summed E-state index contributed by atoms with van der Waals surface area (Å²) in [7, 11) is 0. The zero-order chi connectivity index (χ0) is 26.8. The Morgan fingerprint density at radius 1 is 0.974 bits per heavy atom. The fraction of sp³-hybridized carbons (Fsp3) is 0.133. The Balaban J connectivity index is 1.61. The van der Waals surface area contributed by atoms with Crippen LogP contribution in [-0.4, -0.2) is 21.8 Å². The summed E-state index contributed by atoms with van der Waals surface area (Å²) >= 11 is 1.22. The number of carbonyl (C=O) groups excluding carboxylic acids is 2. The number of rotatable bonds is 6. The molecule has 0 spiro atoms. The number of aromatic nitrogens is 2. The molecule has 38 heavy (non-hydrogen) atoms. The number of benzene rings is 2. The minimum absolute atomic E-state index is 0.287. The minimum Gasteiger partial charge on any atom is -0.397 e. The molecule has 2 aromatic carbocycles. The second-order valence-corrected chi connectivity index (χ2v) is 10.2. The van der Waals surface area contributed by atoms with Crippen LogP contribution in [0.2, 0.25) is 0 Å². The molecule has 0 fully saturated rings. The van der Waals surface area contributed by atoms with Crippen LogP contribution < -0.4 is 16.4 Å². The first-order valence-electron chi connectivity index (χ1n) is 12.2. The van der Waals surface area contributed by atoms with Gasteiger partial charge in [-0.15, -0.1) is 11.3 Å². The molecule has 0 aliphatic rings. The van der Waals surface area contributed by atoms with Crippen LogP contribution in [0.5, 0.6) is 0 Å². The number of amides is 2. The average Bonchev–Trinajstić information content (AvgIpc) is 3.24. The molecular formula is C30H27N5O2S. The van der Waals surface area contributed by atoms with Crippen LogP contribution in [0.4, 0.5) is 11.4 Å². The predicted octanol–water partition coefficient (Wildman–Crippen LogP) is 6.05. The van der Waals surface area contributed by atoms with Crippen molar-refractivity contribution in [2.45, 2.75) is 27.3 Å². The molecule has 0 saturated carbocycles. The average molecular weight is 522 g/mol. The van der Waals surface area contributed by atoms with Gasteiger partial charge in [0.15, 0.2) is 0 Å². The van der Waals surface area contributed by atoms with E-state index >= 15 is 0 Å². The van der Waals surface area contributed by atoms with Gasteiger partial charge in [-0.25, -0.2) is 4.98 Å². The molecule has 8 heteroatoms. The second-order valence-electron chi connectivity index (χ2n) is 9.15. The molecule has 5 aromatic rings. The molecule has 2 amide bonds. The van der Waals surface area contributed by atoms with Crippen molar-refractivity contribution >= 4 is 44.7 Å². The number of fused-ring (bicyclic) bond motifs is 1. The van der Waals surface area contributed by atoms with E-state index in [2.05, 4.69) is 15.6 Å². The van der Waals surface area contributed by atoms with E-state index in [0.29, 0.717) is 44.1 Å². The van der Waals surface area contributed by atoms with Crippen LogP contribution >= 0.6 is 11.3 Å². The molecule has 7 nitrogen and oxygen atoms in total. The first-order chi connectivity index (χ1) is 18.3. The standard InChI is InChI=1S/C30H27N5O2S/c1-17-11-12-22(18(2)14-17)35-28(36)23-19(3)34-30-25(24(23)21-10-7-13-32-16-21)26(31)27(38-30)29(37)33-15-20-8-5-4-6-9-20/h4-14,16H,15,31H2,1-3H3,(H,33,37)(H,35,36). The minimum atomic E-state index is -0.302. The van der Waals surface area contributed by atoms with E-state index < -0.39 is 0 Å². The normalized spacial score (nSPS) is 10.9. The topological polar surface area (TPSA) is 110 Å². The lowest BCUT2D eigenvalue weighted by atomic mass is 9.95. The molecular weight excluding hydrogens is 494 g/mol. The Morgan fingerprint density at radius 3 is 2.47 bits per heavy atom. The molecule has 4 N–H and O–H groups in total. The molecule has 3 aromatic heterocycles. The third kappa shape index (κ3) is 4.86. The summed E-state index contributed by atoms with van der Waals surface area (Å²) in [5, 5.41) is 6.56. The van der Waals surface area contributed by atoms with E-state index in [1.807, 2.05) is 68.4 Å². The SMILES string of the molecule is Cc1ccc(NC(=O)c2c(C)nc3sc(C(=O)NCc4ccccc4)c(N)c3c2-c2cccnc2)c(C)c1. The Bertz CT molecular complexity index is 1660. The summed E-state index contributed by atoms with van der Waals surface area (Å²) in [6.45, 7) is 6.13. The Morgan fingerprint density at radius 2 is 1.76 bits per heavy atom. The van der Waals surface area contributed by atoms with E-state index in [1.54, 1.807) is 25.4 Å². The van der Waals surface area contributed by atoms with Gasteiger partial charge in [-0.1, -0.05) is 54.1 Å². The molecule has 0 unspecified atom stereocenters. The molecule has 190 valence electrons. The summed E-state index contributed by atoms with van der Waals surface area (Å²) in [6.07, 6.45) is 3.36. The summed E-state index contributed by atoms with van der Waals surface area (Å²) in [5.74, 6) is -0.589. The van der Waals surface area contributed by atoms with Crippen molar-refractivity contribution < 1.29 is 9.59 Å². The van der Waals surface area contributed by atoms with Crippen LogP contribution in [0.25, 0.3) is 21.3 Å². The zero-order valence-corrected chi connectivity index (χ0v) is 22.1. The van der Waals surface area contributed by atoms with Gasteiger partial charge in [-0.2, -0.15) is 0 Å². The van der Waals surface area contributed by atoms with Gasteiger partial charge in [-0.05, 0) is 44.0 Å². The van der Waals surface area contributed by atoms with Crippen LogP contribution in [-0.2, 0) is 6.54 Å². The van der Waals surface area contributed by atoms with Gasteiger partial charge < -0.3 is 16.4 Å². The van der Waals surface area contributed by atoms with Crippen molar-refractivity contribution in [3.63, 3.8) is 0 Å². The Kier molecular flexibility index (Phi) is 6.89. The van der Waals surface area contributed by atoms with Crippen molar-refractivity contribution in [1.29, 1.82) is 0 Å². The number of hydrogen-bond donors (Lipinski definition) is 3. The largest absolute Gasteiger partial charge is 0.397 e. The third-order valence-electron chi connectivity index (χ3n) is 6.37. The summed E-state index contributed by atoms with van der Waals surface area (Å²) in [5.41, 5.74) is 12.9. The molecule has 0 aliphatic heterocycles. The highest BCUT2D eigenvalue weighted by Crippen LogP contribution is 2.42. The number of thiophene rings is 1. The molecule has 3 heterocycles. The summed E-state index contributed by atoms with van der Waals surface area (Å²) < 4.78 is 0. The van der Waals surface area contributed by atoms with Crippen molar-refractivity contribution in [3.8, 4) is 11.1 Å². The van der Waals surface area contributed by atoms with Crippen LogP contribution in [0.15, 0.2) is 73.1 Å². The zero-order valence-electron chi connectivity index (χ0n) is 21.3. The first kappa shape index (κ1) is 25.1. The van der Waals surface area contributed by atoms with Gasteiger partial charge in [-0.3, -0.25) is 14.6 Å². The van der Waals surface area contributed by atoms with Gasteiger partial charge in [0.05, 0.1) is 16.9 Å². The number of pyridine rings is 2. The lowest BCUT2D eigenvalue weighted by Gasteiger charge is -2.16. The molecule has 0 radical (unpaired) electrons. The van der Waals surface area contributed by atoms with Crippen molar-refractivity contribution in [2.24, 2.45) is 0 Å². The number of nitrogens with zero attached hydrogens (tertiary/aromatic N) is 2. The van der Waals surface area contributed by atoms with E-state index in [-0.39, 0.29) is 11.8 Å². The number of anilines is 2. The summed E-state index contributed by atoms with van der Waals surface area (Å²) in [6, 6.07) is 19.2. The molecule has 0 saturated heterocycles. The quantitative estimate of drug-likeness (QED) is 0.252. The van der Waals surface area contributed by atoms with Crippen molar-refractivity contribution in [1.82, 2.24) is 15.3 Å². The van der Waals surface area contributed by atoms with Gasteiger partial charge in [0.1, 0.15) is 9.71 Å². The van der Waals surface area contributed by atoms with E-state index in [1.165, 1.54) is 11.3 Å². The maximum absolute atomic E-state index is 13.7. The number of nitrogen functional groups attached to an aromatic ring is 1. The van der Waals surface area contributed by atoms with Crippen molar-refractivity contribution in [3.05, 3.63) is 106 Å². The fourth-order valence-electron chi connectivity index (χ4n) is 4.51. The van der Waals surface area contributed by atoms with Crippen LogP contribution in [0.1, 0.15) is 42.4 Å². The smallest absolute Gasteiger partial charge is 0.263 e. The highest BCUT2D eigenvalue weighted by Gasteiger charge is 2.27. The first-order valence-corrected chi connectivity index (χ1v) is 13.0. The highest BCUT2D eigenvalue weighted by atomic mass is 32.1. The molecule has 0 aliphatic carbocycles. The monoisotopic (exact) mass is 521 g/mol. The Hall–Kier alpha value is -4.56. The predicted molar refractivity (Wildman–Crippen MR) is 153 cm³/mol. The fourth-order valence-corrected chi connectivity index (χ4v) is 5.58. The number of hydrogen-bond acceptors (Lipinski definition) is 6. The highest BCUT2D eigenvalue weighted by molar-refractivity contribution is 7.21. The molecule has 0 atom stereocenters. The van der Waals surface area contributed by atoms with Gasteiger partial charge in [0.25, 0.3) is 11.8 Å². The number of nitrogens with two attached hydrogens (primary N) is 1. The van der Waals surface area contributed by atoms with Gasteiger partial charge in [0, 0.05) is 41.1 Å². The van der Waals surface area contributed by atoms with E-state index in [4.69, 9.17) is 10.7 Å². The lowest BCUT2D eigenvalue weighted by Crippen LogP contribution is -2.22. The maximum atomic E-state index is 13.7. The Labute approximate surface area is 224 Å². The summed E-state index contributed by atoms with van der Waals surface area (Å²) in [4.78, 5) is 36.8.